The topological polar surface area (TPSA) is 58.6 Å². The van der Waals surface area contributed by atoms with Crippen LogP contribution in [0.25, 0.3) is 0 Å². The van der Waals surface area contributed by atoms with Gasteiger partial charge in [0.1, 0.15) is 5.75 Å². The maximum absolute atomic E-state index is 12.2. The molecule has 2 rings (SSSR count). The maximum atomic E-state index is 12.2. The number of Topliss-reactive ketones (excluding diaryl/α,β-unsaturated/α-hetero) is 1. The standard InChI is InChI=1S/C20H30N2O3/c1-16(23)17-8-9-19(25-2)18(14-17)15-20(24)21-10-7-13-22-11-5-3-4-6-12-22/h8-9,14H,3-7,10-13,15H2,1-2H3,(H,21,24). The number of nitrogens with one attached hydrogen (secondary N) is 1. The van der Waals surface area contributed by atoms with Crippen LogP contribution in [0.15, 0.2) is 18.2 Å². The smallest absolute Gasteiger partial charge is 0.224 e. The van der Waals surface area contributed by atoms with Crippen molar-refractivity contribution in [2.75, 3.05) is 33.3 Å². The predicted molar refractivity (Wildman–Crippen MR) is 99.2 cm³/mol. The molecule has 5 nitrogen and oxygen atoms in total. The van der Waals surface area contributed by atoms with E-state index in [0.29, 0.717) is 17.9 Å². The first kappa shape index (κ1) is 19.4. The number of amides is 1. The summed E-state index contributed by atoms with van der Waals surface area (Å²) in [6.07, 6.45) is 6.46. The summed E-state index contributed by atoms with van der Waals surface area (Å²) >= 11 is 0. The van der Waals surface area contributed by atoms with Gasteiger partial charge in [0.05, 0.1) is 13.5 Å². The lowest BCUT2D eigenvalue weighted by molar-refractivity contribution is -0.120. The van der Waals surface area contributed by atoms with E-state index in [1.54, 1.807) is 25.3 Å². The first-order valence-electron chi connectivity index (χ1n) is 9.27. The van der Waals surface area contributed by atoms with Gasteiger partial charge in [-0.2, -0.15) is 0 Å². The van der Waals surface area contributed by atoms with E-state index < -0.39 is 0 Å². The van der Waals surface area contributed by atoms with E-state index >= 15 is 0 Å². The zero-order valence-corrected chi connectivity index (χ0v) is 15.5. The summed E-state index contributed by atoms with van der Waals surface area (Å²) in [6, 6.07) is 5.22. The fourth-order valence-electron chi connectivity index (χ4n) is 3.26. The third kappa shape index (κ3) is 6.50. The zero-order valence-electron chi connectivity index (χ0n) is 15.5. The number of methoxy groups -OCH3 is 1. The molecule has 0 bridgehead atoms. The van der Waals surface area contributed by atoms with E-state index in [4.69, 9.17) is 4.74 Å². The summed E-state index contributed by atoms with van der Waals surface area (Å²) in [5.74, 6) is 0.598. The summed E-state index contributed by atoms with van der Waals surface area (Å²) in [4.78, 5) is 26.2. The second-order valence-electron chi connectivity index (χ2n) is 6.72. The Kier molecular flexibility index (Phi) is 7.92. The molecule has 0 aliphatic carbocycles. The van der Waals surface area contributed by atoms with Crippen molar-refractivity contribution in [2.45, 2.75) is 45.4 Å². The van der Waals surface area contributed by atoms with Gasteiger partial charge < -0.3 is 15.0 Å². The average Bonchev–Trinajstić information content (AvgIpc) is 2.87. The molecular formula is C20H30N2O3. The molecule has 1 aliphatic rings. The Morgan fingerprint density at radius 1 is 1.16 bits per heavy atom. The first-order valence-corrected chi connectivity index (χ1v) is 9.27. The molecule has 1 aromatic carbocycles. The van der Waals surface area contributed by atoms with Gasteiger partial charge in [0.15, 0.2) is 5.78 Å². The number of hydrogen-bond donors (Lipinski definition) is 1. The van der Waals surface area contributed by atoms with Crippen LogP contribution < -0.4 is 10.1 Å². The van der Waals surface area contributed by atoms with Gasteiger partial charge in [-0.05, 0) is 64.0 Å². The molecule has 0 radical (unpaired) electrons. The Hall–Kier alpha value is -1.88. The minimum Gasteiger partial charge on any atom is -0.496 e. The van der Waals surface area contributed by atoms with Crippen molar-refractivity contribution in [1.29, 1.82) is 0 Å². The van der Waals surface area contributed by atoms with Crippen LogP contribution in [0.1, 0.15) is 54.9 Å². The molecule has 1 N–H and O–H groups in total. The largest absolute Gasteiger partial charge is 0.496 e. The van der Waals surface area contributed by atoms with Gasteiger partial charge in [0.25, 0.3) is 0 Å². The fraction of sp³-hybridized carbons (Fsp3) is 0.600. The monoisotopic (exact) mass is 346 g/mol. The Bertz CT molecular complexity index is 578. The lowest BCUT2D eigenvalue weighted by Gasteiger charge is -2.19. The molecule has 0 aromatic heterocycles. The van der Waals surface area contributed by atoms with Gasteiger partial charge in [0, 0.05) is 17.7 Å². The Balaban J connectivity index is 1.77. The van der Waals surface area contributed by atoms with Crippen molar-refractivity contribution in [3.63, 3.8) is 0 Å². The number of ether oxygens (including phenoxy) is 1. The number of rotatable bonds is 8. The fourth-order valence-corrected chi connectivity index (χ4v) is 3.26. The van der Waals surface area contributed by atoms with E-state index in [1.165, 1.54) is 45.7 Å². The van der Waals surface area contributed by atoms with E-state index in [9.17, 15) is 9.59 Å². The normalized spacial score (nSPS) is 15.4. The first-order chi connectivity index (χ1) is 12.1. The number of likely N-dealkylation sites (tertiary alicyclic amines) is 1. The van der Waals surface area contributed by atoms with Gasteiger partial charge in [-0.15, -0.1) is 0 Å². The Labute approximate surface area is 150 Å². The van der Waals surface area contributed by atoms with Gasteiger partial charge >= 0.3 is 0 Å². The van der Waals surface area contributed by atoms with E-state index in [0.717, 1.165) is 18.5 Å². The van der Waals surface area contributed by atoms with Gasteiger partial charge in [-0.1, -0.05) is 12.8 Å². The quantitative estimate of drug-likeness (QED) is 0.581. The molecule has 1 aromatic rings. The molecular weight excluding hydrogens is 316 g/mol. The number of hydrogen-bond acceptors (Lipinski definition) is 4. The molecule has 0 unspecified atom stereocenters. The summed E-state index contributed by atoms with van der Waals surface area (Å²) in [7, 11) is 1.57. The lowest BCUT2D eigenvalue weighted by atomic mass is 10.0. The minimum atomic E-state index is -0.0325. The number of nitrogens with zero attached hydrogens (tertiary/aromatic N) is 1. The summed E-state index contributed by atoms with van der Waals surface area (Å²) < 4.78 is 5.30. The molecule has 0 spiro atoms. The van der Waals surface area contributed by atoms with Crippen LogP contribution in [0.2, 0.25) is 0 Å². The van der Waals surface area contributed by atoms with Crippen molar-refractivity contribution < 1.29 is 14.3 Å². The highest BCUT2D eigenvalue weighted by Crippen LogP contribution is 2.20. The molecule has 0 saturated carbocycles. The van der Waals surface area contributed by atoms with Gasteiger partial charge in [-0.3, -0.25) is 9.59 Å². The highest BCUT2D eigenvalue weighted by Gasteiger charge is 2.12. The Morgan fingerprint density at radius 2 is 1.88 bits per heavy atom. The average molecular weight is 346 g/mol. The predicted octanol–water partition coefficient (Wildman–Crippen LogP) is 2.82. The van der Waals surface area contributed by atoms with Crippen molar-refractivity contribution >= 4 is 11.7 Å². The van der Waals surface area contributed by atoms with E-state index in [1.807, 2.05) is 0 Å². The number of ketones is 1. The number of carbonyl (C=O) groups excluding carboxylic acids is 2. The minimum absolute atomic E-state index is 0.0123. The second-order valence-corrected chi connectivity index (χ2v) is 6.72. The third-order valence-electron chi connectivity index (χ3n) is 4.71. The molecule has 1 heterocycles. The molecule has 1 aliphatic heterocycles. The lowest BCUT2D eigenvalue weighted by Crippen LogP contribution is -2.31. The highest BCUT2D eigenvalue weighted by atomic mass is 16.5. The molecule has 0 atom stereocenters. The second kappa shape index (κ2) is 10.2. The van der Waals surface area contributed by atoms with E-state index in [-0.39, 0.29) is 18.1 Å². The van der Waals surface area contributed by atoms with E-state index in [2.05, 4.69) is 10.2 Å². The van der Waals surface area contributed by atoms with Crippen molar-refractivity contribution in [2.24, 2.45) is 0 Å². The van der Waals surface area contributed by atoms with Crippen molar-refractivity contribution in [1.82, 2.24) is 10.2 Å². The molecule has 25 heavy (non-hydrogen) atoms. The Morgan fingerprint density at radius 3 is 2.52 bits per heavy atom. The molecule has 138 valence electrons. The van der Waals surface area contributed by atoms with Crippen LogP contribution in [0, 0.1) is 0 Å². The molecule has 1 amide bonds. The van der Waals surface area contributed by atoms with Crippen molar-refractivity contribution in [3.8, 4) is 5.75 Å². The molecule has 1 fully saturated rings. The van der Waals surface area contributed by atoms with Crippen LogP contribution in [-0.2, 0) is 11.2 Å². The van der Waals surface area contributed by atoms with Crippen LogP contribution in [0.3, 0.4) is 0 Å². The van der Waals surface area contributed by atoms with Gasteiger partial charge in [0.2, 0.25) is 5.91 Å². The van der Waals surface area contributed by atoms with Gasteiger partial charge in [-0.25, -0.2) is 0 Å². The maximum Gasteiger partial charge on any atom is 0.224 e. The van der Waals surface area contributed by atoms with Crippen LogP contribution in [0.5, 0.6) is 5.75 Å². The molecule has 1 saturated heterocycles. The van der Waals surface area contributed by atoms with Crippen LogP contribution >= 0.6 is 0 Å². The molecule has 5 heteroatoms. The number of benzene rings is 1. The third-order valence-corrected chi connectivity index (χ3v) is 4.71. The number of carbonyl (C=O) groups is 2. The zero-order chi connectivity index (χ0) is 18.1. The van der Waals surface area contributed by atoms with Crippen molar-refractivity contribution in [3.05, 3.63) is 29.3 Å². The summed E-state index contributed by atoms with van der Waals surface area (Å²) in [5.41, 5.74) is 1.35. The summed E-state index contributed by atoms with van der Waals surface area (Å²) in [6.45, 7) is 5.62. The SMILES string of the molecule is COc1ccc(C(C)=O)cc1CC(=O)NCCCN1CCCCCC1. The van der Waals surface area contributed by atoms with Crippen LogP contribution in [-0.4, -0.2) is 49.9 Å². The highest BCUT2D eigenvalue weighted by molar-refractivity contribution is 5.94. The van der Waals surface area contributed by atoms with Crippen LogP contribution in [0.4, 0.5) is 0 Å². The summed E-state index contributed by atoms with van der Waals surface area (Å²) in [5, 5.41) is 2.98.